The number of phosphoric ester groups is 1. The molecule has 0 saturated heterocycles. The minimum atomic E-state index is -3.88. The molecule has 0 radical (unpaired) electrons. The molecule has 0 aliphatic rings. The van der Waals surface area contributed by atoms with Gasteiger partial charge in [0.25, 0.3) is 0 Å². The van der Waals surface area contributed by atoms with Crippen LogP contribution in [-0.2, 0) is 13.6 Å². The van der Waals surface area contributed by atoms with Gasteiger partial charge in [0, 0.05) is 23.2 Å². The van der Waals surface area contributed by atoms with E-state index in [1.165, 1.54) is 6.07 Å². The zero-order valence-electron chi connectivity index (χ0n) is 14.0. The van der Waals surface area contributed by atoms with Gasteiger partial charge in [0.2, 0.25) is 0 Å². The van der Waals surface area contributed by atoms with Gasteiger partial charge in [-0.15, -0.1) is 23.2 Å². The standard InChI is InChI=1S/C16H18Cl3O6P/c1-11-13-5-4-12(10-14(13)24-16(20)15(11)19)25-26(21,22-8-2-6-17)23-9-3-7-18/h4-5,10H,2-3,6-9H2,1H3. The first kappa shape index (κ1) is 21.5. The van der Waals surface area contributed by atoms with E-state index >= 15 is 0 Å². The first-order valence-electron chi connectivity index (χ1n) is 7.84. The van der Waals surface area contributed by atoms with Gasteiger partial charge in [0.05, 0.1) is 13.2 Å². The Morgan fingerprint density at radius 3 is 2.31 bits per heavy atom. The van der Waals surface area contributed by atoms with Crippen molar-refractivity contribution in [2.45, 2.75) is 19.8 Å². The van der Waals surface area contributed by atoms with E-state index in [0.29, 0.717) is 35.6 Å². The highest BCUT2D eigenvalue weighted by Crippen LogP contribution is 2.50. The molecule has 0 amide bonds. The van der Waals surface area contributed by atoms with Crippen LogP contribution in [0.2, 0.25) is 5.02 Å². The molecule has 1 aromatic carbocycles. The monoisotopic (exact) mass is 442 g/mol. The highest BCUT2D eigenvalue weighted by Gasteiger charge is 2.28. The maximum atomic E-state index is 12.8. The summed E-state index contributed by atoms with van der Waals surface area (Å²) in [6.45, 7) is 1.93. The lowest BCUT2D eigenvalue weighted by molar-refractivity contribution is 0.156. The second-order valence-electron chi connectivity index (χ2n) is 5.28. The molecule has 0 unspecified atom stereocenters. The zero-order valence-corrected chi connectivity index (χ0v) is 17.2. The second kappa shape index (κ2) is 9.98. The Morgan fingerprint density at radius 1 is 1.12 bits per heavy atom. The molecule has 0 bridgehead atoms. The van der Waals surface area contributed by atoms with Gasteiger partial charge in [-0.05, 0) is 37.5 Å². The number of hydrogen-bond donors (Lipinski definition) is 0. The highest BCUT2D eigenvalue weighted by molar-refractivity contribution is 7.48. The van der Waals surface area contributed by atoms with Gasteiger partial charge in [-0.1, -0.05) is 11.6 Å². The lowest BCUT2D eigenvalue weighted by Crippen LogP contribution is -2.06. The van der Waals surface area contributed by atoms with Gasteiger partial charge in [-0.3, -0.25) is 9.05 Å². The fourth-order valence-electron chi connectivity index (χ4n) is 2.05. The van der Waals surface area contributed by atoms with E-state index in [1.54, 1.807) is 19.1 Å². The molecule has 10 heteroatoms. The lowest BCUT2D eigenvalue weighted by atomic mass is 10.1. The van der Waals surface area contributed by atoms with Crippen molar-refractivity contribution in [1.82, 2.24) is 0 Å². The van der Waals surface area contributed by atoms with Crippen molar-refractivity contribution in [2.24, 2.45) is 0 Å². The second-order valence-corrected chi connectivity index (χ2v) is 8.00. The van der Waals surface area contributed by atoms with Gasteiger partial charge in [-0.25, -0.2) is 9.36 Å². The number of fused-ring (bicyclic) bond motifs is 1. The molecule has 26 heavy (non-hydrogen) atoms. The molecule has 0 N–H and O–H groups in total. The quantitative estimate of drug-likeness (QED) is 0.208. The molecule has 144 valence electrons. The van der Waals surface area contributed by atoms with Crippen LogP contribution in [0.3, 0.4) is 0 Å². The van der Waals surface area contributed by atoms with Crippen LogP contribution in [0.1, 0.15) is 18.4 Å². The van der Waals surface area contributed by atoms with E-state index in [4.69, 9.17) is 52.8 Å². The van der Waals surface area contributed by atoms with Crippen LogP contribution in [-0.4, -0.2) is 25.0 Å². The maximum Gasteiger partial charge on any atom is 0.530 e. The molecular formula is C16H18Cl3O6P. The summed E-state index contributed by atoms with van der Waals surface area (Å²) in [4.78, 5) is 11.7. The van der Waals surface area contributed by atoms with Crippen LogP contribution in [0.15, 0.2) is 27.4 Å². The Kier molecular flexibility index (Phi) is 8.27. The predicted octanol–water partition coefficient (Wildman–Crippen LogP) is 5.53. The van der Waals surface area contributed by atoms with Crippen LogP contribution < -0.4 is 10.1 Å². The van der Waals surface area contributed by atoms with Gasteiger partial charge >= 0.3 is 13.4 Å². The van der Waals surface area contributed by atoms with Crippen LogP contribution in [0.4, 0.5) is 0 Å². The number of aryl methyl sites for hydroxylation is 1. The number of benzene rings is 1. The van der Waals surface area contributed by atoms with Crippen molar-refractivity contribution < 1.29 is 22.6 Å². The molecule has 1 aromatic heterocycles. The molecule has 1 heterocycles. The number of hydrogen-bond acceptors (Lipinski definition) is 6. The van der Waals surface area contributed by atoms with Crippen LogP contribution in [0.25, 0.3) is 11.0 Å². The fourth-order valence-corrected chi connectivity index (χ4v) is 3.67. The SMILES string of the molecule is Cc1c(Cl)c(=O)oc2cc(OP(=O)(OCCCCl)OCCCCl)ccc12. The van der Waals surface area contributed by atoms with E-state index in [0.717, 1.165) is 0 Å². The Morgan fingerprint density at radius 2 is 1.73 bits per heavy atom. The zero-order chi connectivity index (χ0) is 19.2. The van der Waals surface area contributed by atoms with Gasteiger partial charge in [0.1, 0.15) is 16.4 Å². The largest absolute Gasteiger partial charge is 0.530 e. The summed E-state index contributed by atoms with van der Waals surface area (Å²) in [6.07, 6.45) is 0.968. The summed E-state index contributed by atoms with van der Waals surface area (Å²) in [5.74, 6) is 0.869. The Balaban J connectivity index is 2.27. The molecular weight excluding hydrogens is 426 g/mol. The van der Waals surface area contributed by atoms with Crippen molar-refractivity contribution >= 4 is 53.6 Å². The molecule has 2 rings (SSSR count). The van der Waals surface area contributed by atoms with Crippen molar-refractivity contribution in [1.29, 1.82) is 0 Å². The highest BCUT2D eigenvalue weighted by atomic mass is 35.5. The lowest BCUT2D eigenvalue weighted by Gasteiger charge is -2.18. The van der Waals surface area contributed by atoms with Crippen LogP contribution in [0, 0.1) is 6.92 Å². The first-order valence-corrected chi connectivity index (χ1v) is 10.7. The average Bonchev–Trinajstić information content (AvgIpc) is 2.60. The summed E-state index contributed by atoms with van der Waals surface area (Å²) >= 11 is 17.1. The third kappa shape index (κ3) is 5.62. The Hall–Kier alpha value is -0.750. The number of phosphoric acid groups is 1. The van der Waals surface area contributed by atoms with E-state index in [-0.39, 0.29) is 29.6 Å². The molecule has 6 nitrogen and oxygen atoms in total. The minimum absolute atomic E-state index is 0.0191. The van der Waals surface area contributed by atoms with Crippen molar-refractivity contribution in [2.75, 3.05) is 25.0 Å². The summed E-state index contributed by atoms with van der Waals surface area (Å²) in [6, 6.07) is 4.65. The Labute approximate surface area is 165 Å². The third-order valence-corrected chi connectivity index (χ3v) is 5.74. The summed E-state index contributed by atoms with van der Waals surface area (Å²) in [5, 5.41) is 0.661. The van der Waals surface area contributed by atoms with Gasteiger partial charge in [0.15, 0.2) is 0 Å². The van der Waals surface area contributed by atoms with E-state index in [9.17, 15) is 9.36 Å². The fraction of sp³-hybridized carbons (Fsp3) is 0.438. The van der Waals surface area contributed by atoms with Crippen LogP contribution >= 0.6 is 42.6 Å². The van der Waals surface area contributed by atoms with E-state index in [2.05, 4.69) is 0 Å². The molecule has 0 saturated carbocycles. The minimum Gasteiger partial charge on any atom is -0.421 e. The summed E-state index contributed by atoms with van der Waals surface area (Å²) in [5.41, 5.74) is 0.181. The molecule has 2 aromatic rings. The average molecular weight is 444 g/mol. The topological polar surface area (TPSA) is 75.0 Å². The number of alkyl halides is 2. The van der Waals surface area contributed by atoms with Crippen molar-refractivity contribution in [3.63, 3.8) is 0 Å². The number of halogens is 3. The Bertz CT molecular complexity index is 840. The normalized spacial score (nSPS) is 11.8. The predicted molar refractivity (Wildman–Crippen MR) is 103 cm³/mol. The van der Waals surface area contributed by atoms with Crippen molar-refractivity contribution in [3.8, 4) is 5.75 Å². The van der Waals surface area contributed by atoms with E-state index < -0.39 is 13.4 Å². The number of rotatable bonds is 10. The molecule has 0 aliphatic heterocycles. The van der Waals surface area contributed by atoms with Gasteiger partial charge < -0.3 is 8.94 Å². The molecule has 0 atom stereocenters. The van der Waals surface area contributed by atoms with Crippen LogP contribution in [0.5, 0.6) is 5.75 Å². The summed E-state index contributed by atoms with van der Waals surface area (Å²) in [7, 11) is -3.88. The smallest absolute Gasteiger partial charge is 0.421 e. The van der Waals surface area contributed by atoms with Crippen molar-refractivity contribution in [3.05, 3.63) is 39.2 Å². The maximum absolute atomic E-state index is 12.8. The summed E-state index contributed by atoms with van der Waals surface area (Å²) < 4.78 is 33.9. The third-order valence-electron chi connectivity index (χ3n) is 3.34. The molecule has 0 aliphatic carbocycles. The van der Waals surface area contributed by atoms with E-state index in [1.807, 2.05) is 0 Å². The molecule has 0 fully saturated rings. The first-order chi connectivity index (χ1) is 12.4. The van der Waals surface area contributed by atoms with Gasteiger partial charge in [-0.2, -0.15) is 0 Å². The molecule has 0 spiro atoms.